The molecule has 0 aliphatic heterocycles. The fraction of sp³-hybridized carbons (Fsp3) is 0.400. The molecule has 3 nitrogen and oxygen atoms in total. The van der Waals surface area contributed by atoms with E-state index < -0.39 is 0 Å². The number of amides is 1. The molecule has 1 rings (SSSR count). The van der Waals surface area contributed by atoms with Crippen molar-refractivity contribution in [2.24, 2.45) is 11.1 Å². The predicted octanol–water partition coefficient (Wildman–Crippen LogP) is 3.02. The van der Waals surface area contributed by atoms with E-state index in [1.807, 2.05) is 20.8 Å². The standard InChI is InChI=1S/C15H19ClN2O/c1-15(2,3)10-14(19)18-13-7-6-12(16)9-11(13)5-4-8-17/h6-7,9H,8,10,17H2,1-3H3,(H,18,19). The van der Waals surface area contributed by atoms with Gasteiger partial charge in [0.1, 0.15) is 0 Å². The van der Waals surface area contributed by atoms with E-state index in [1.54, 1.807) is 18.2 Å². The van der Waals surface area contributed by atoms with Gasteiger partial charge in [-0.3, -0.25) is 4.79 Å². The molecule has 0 saturated heterocycles. The quantitative estimate of drug-likeness (QED) is 0.817. The molecule has 0 aliphatic carbocycles. The summed E-state index contributed by atoms with van der Waals surface area (Å²) < 4.78 is 0. The summed E-state index contributed by atoms with van der Waals surface area (Å²) in [6, 6.07) is 5.20. The zero-order valence-corrected chi connectivity index (χ0v) is 12.3. The van der Waals surface area contributed by atoms with Crippen molar-refractivity contribution in [3.63, 3.8) is 0 Å². The van der Waals surface area contributed by atoms with Gasteiger partial charge in [-0.05, 0) is 23.6 Å². The van der Waals surface area contributed by atoms with Crippen molar-refractivity contribution >= 4 is 23.2 Å². The second kappa shape index (κ2) is 6.60. The van der Waals surface area contributed by atoms with Crippen LogP contribution < -0.4 is 11.1 Å². The number of hydrogen-bond acceptors (Lipinski definition) is 2. The molecule has 0 fully saturated rings. The SMILES string of the molecule is CC(C)(C)CC(=O)Nc1ccc(Cl)cc1C#CCN. The topological polar surface area (TPSA) is 55.1 Å². The highest BCUT2D eigenvalue weighted by Crippen LogP contribution is 2.23. The number of nitrogens with two attached hydrogens (primary N) is 1. The summed E-state index contributed by atoms with van der Waals surface area (Å²) in [5.74, 6) is 5.63. The third-order valence-corrected chi connectivity index (χ3v) is 2.51. The molecule has 19 heavy (non-hydrogen) atoms. The fourth-order valence-electron chi connectivity index (χ4n) is 1.55. The minimum Gasteiger partial charge on any atom is -0.325 e. The van der Waals surface area contributed by atoms with Crippen molar-refractivity contribution in [3.05, 3.63) is 28.8 Å². The number of nitrogens with one attached hydrogen (secondary N) is 1. The number of halogens is 1. The molecule has 1 aromatic carbocycles. The maximum Gasteiger partial charge on any atom is 0.224 e. The van der Waals surface area contributed by atoms with Crippen LogP contribution in [-0.2, 0) is 4.79 Å². The molecule has 0 radical (unpaired) electrons. The first-order valence-electron chi connectivity index (χ1n) is 6.10. The van der Waals surface area contributed by atoms with Gasteiger partial charge in [0, 0.05) is 17.0 Å². The molecular weight excluding hydrogens is 260 g/mol. The molecule has 4 heteroatoms. The molecule has 0 saturated carbocycles. The van der Waals surface area contributed by atoms with Gasteiger partial charge in [-0.25, -0.2) is 0 Å². The van der Waals surface area contributed by atoms with Gasteiger partial charge in [-0.2, -0.15) is 0 Å². The monoisotopic (exact) mass is 278 g/mol. The zero-order valence-electron chi connectivity index (χ0n) is 11.5. The van der Waals surface area contributed by atoms with E-state index in [4.69, 9.17) is 17.3 Å². The first kappa shape index (κ1) is 15.6. The maximum atomic E-state index is 11.9. The number of carbonyl (C=O) groups is 1. The number of rotatable bonds is 2. The summed E-state index contributed by atoms with van der Waals surface area (Å²) >= 11 is 5.93. The van der Waals surface area contributed by atoms with Crippen LogP contribution in [0, 0.1) is 17.3 Å². The number of hydrogen-bond donors (Lipinski definition) is 2. The molecule has 0 atom stereocenters. The number of carbonyl (C=O) groups excluding carboxylic acids is 1. The lowest BCUT2D eigenvalue weighted by atomic mass is 9.92. The van der Waals surface area contributed by atoms with Crippen LogP contribution in [0.1, 0.15) is 32.8 Å². The van der Waals surface area contributed by atoms with E-state index in [2.05, 4.69) is 17.2 Å². The van der Waals surface area contributed by atoms with E-state index >= 15 is 0 Å². The Hall–Kier alpha value is -1.50. The minimum atomic E-state index is -0.0559. The smallest absolute Gasteiger partial charge is 0.224 e. The van der Waals surface area contributed by atoms with Gasteiger partial charge in [-0.1, -0.05) is 44.2 Å². The molecule has 1 aromatic rings. The van der Waals surface area contributed by atoms with E-state index in [0.717, 1.165) is 0 Å². The van der Waals surface area contributed by atoms with Crippen molar-refractivity contribution < 1.29 is 4.79 Å². The summed E-state index contributed by atoms with van der Waals surface area (Å²) in [5.41, 5.74) is 6.65. The molecule has 0 spiro atoms. The lowest BCUT2D eigenvalue weighted by Gasteiger charge is -2.17. The van der Waals surface area contributed by atoms with Crippen LogP contribution >= 0.6 is 11.6 Å². The molecule has 0 heterocycles. The van der Waals surface area contributed by atoms with Crippen LogP contribution in [-0.4, -0.2) is 12.5 Å². The zero-order chi connectivity index (χ0) is 14.5. The molecule has 0 aromatic heterocycles. The number of anilines is 1. The number of benzene rings is 1. The molecule has 1 amide bonds. The second-order valence-electron chi connectivity index (χ2n) is 5.48. The summed E-state index contributed by atoms with van der Waals surface area (Å²) in [6.07, 6.45) is 0.444. The Balaban J connectivity index is 2.91. The summed E-state index contributed by atoms with van der Waals surface area (Å²) in [7, 11) is 0. The van der Waals surface area contributed by atoms with Gasteiger partial charge in [0.2, 0.25) is 5.91 Å². The van der Waals surface area contributed by atoms with Crippen molar-refractivity contribution in [3.8, 4) is 11.8 Å². The fourth-order valence-corrected chi connectivity index (χ4v) is 1.72. The normalized spacial score (nSPS) is 10.6. The molecule has 0 aliphatic rings. The van der Waals surface area contributed by atoms with Gasteiger partial charge in [0.05, 0.1) is 12.2 Å². The Morgan fingerprint density at radius 2 is 2.11 bits per heavy atom. The van der Waals surface area contributed by atoms with Gasteiger partial charge in [0.25, 0.3) is 0 Å². The third-order valence-electron chi connectivity index (χ3n) is 2.27. The van der Waals surface area contributed by atoms with Crippen molar-refractivity contribution in [1.29, 1.82) is 0 Å². The van der Waals surface area contributed by atoms with E-state index in [0.29, 0.717) is 22.7 Å². The summed E-state index contributed by atoms with van der Waals surface area (Å²) in [4.78, 5) is 11.9. The first-order valence-corrected chi connectivity index (χ1v) is 6.48. The average Bonchev–Trinajstić information content (AvgIpc) is 2.27. The highest BCUT2D eigenvalue weighted by Gasteiger charge is 2.16. The summed E-state index contributed by atoms with van der Waals surface area (Å²) in [6.45, 7) is 6.32. The van der Waals surface area contributed by atoms with E-state index in [9.17, 15) is 4.79 Å². The minimum absolute atomic E-state index is 0.0365. The predicted molar refractivity (Wildman–Crippen MR) is 80.1 cm³/mol. The Kier molecular flexibility index (Phi) is 5.41. The van der Waals surface area contributed by atoms with Crippen molar-refractivity contribution in [2.45, 2.75) is 27.2 Å². The Labute approximate surface area is 119 Å². The molecule has 0 bridgehead atoms. The largest absolute Gasteiger partial charge is 0.325 e. The Morgan fingerprint density at radius 1 is 1.42 bits per heavy atom. The van der Waals surface area contributed by atoms with Crippen LogP contribution in [0.2, 0.25) is 5.02 Å². The van der Waals surface area contributed by atoms with Crippen LogP contribution in [0.15, 0.2) is 18.2 Å². The van der Waals surface area contributed by atoms with Gasteiger partial charge < -0.3 is 11.1 Å². The second-order valence-corrected chi connectivity index (χ2v) is 5.92. The van der Waals surface area contributed by atoms with Crippen LogP contribution in [0.3, 0.4) is 0 Å². The van der Waals surface area contributed by atoms with E-state index in [1.165, 1.54) is 0 Å². The first-order chi connectivity index (χ1) is 8.81. The lowest BCUT2D eigenvalue weighted by Crippen LogP contribution is -2.20. The van der Waals surface area contributed by atoms with Gasteiger partial charge in [-0.15, -0.1) is 0 Å². The lowest BCUT2D eigenvalue weighted by molar-refractivity contribution is -0.117. The third kappa shape index (κ3) is 5.78. The van der Waals surface area contributed by atoms with Crippen molar-refractivity contribution in [2.75, 3.05) is 11.9 Å². The summed E-state index contributed by atoms with van der Waals surface area (Å²) in [5, 5.41) is 3.44. The van der Waals surface area contributed by atoms with Crippen LogP contribution in [0.5, 0.6) is 0 Å². The molecule has 102 valence electrons. The molecule has 3 N–H and O–H groups in total. The highest BCUT2D eigenvalue weighted by molar-refractivity contribution is 6.30. The molecular formula is C15H19ClN2O. The Bertz CT molecular complexity index is 521. The molecule has 0 unspecified atom stereocenters. The van der Waals surface area contributed by atoms with Crippen molar-refractivity contribution in [1.82, 2.24) is 0 Å². The highest BCUT2D eigenvalue weighted by atomic mass is 35.5. The maximum absolute atomic E-state index is 11.9. The van der Waals surface area contributed by atoms with E-state index in [-0.39, 0.29) is 17.9 Å². The van der Waals surface area contributed by atoms with Crippen LogP contribution in [0.4, 0.5) is 5.69 Å². The Morgan fingerprint density at radius 3 is 2.68 bits per heavy atom. The van der Waals surface area contributed by atoms with Crippen LogP contribution in [0.25, 0.3) is 0 Å². The van der Waals surface area contributed by atoms with Gasteiger partial charge >= 0.3 is 0 Å². The average molecular weight is 279 g/mol. The van der Waals surface area contributed by atoms with Gasteiger partial charge in [0.15, 0.2) is 0 Å².